The quantitative estimate of drug-likeness (QED) is 0.812. The van der Waals surface area contributed by atoms with Gasteiger partial charge in [-0.3, -0.25) is 4.79 Å². The lowest BCUT2D eigenvalue weighted by atomic mass is 10.1. The van der Waals surface area contributed by atoms with Crippen LogP contribution in [0.15, 0.2) is 24.3 Å². The van der Waals surface area contributed by atoms with Crippen molar-refractivity contribution in [3.63, 3.8) is 0 Å². The molecule has 4 nitrogen and oxygen atoms in total. The molecule has 0 spiro atoms. The van der Waals surface area contributed by atoms with Gasteiger partial charge in [-0.1, -0.05) is 12.1 Å². The monoisotopic (exact) mass is 281 g/mol. The van der Waals surface area contributed by atoms with Crippen LogP contribution in [0.2, 0.25) is 0 Å². The van der Waals surface area contributed by atoms with E-state index in [1.807, 2.05) is 24.5 Å². The summed E-state index contributed by atoms with van der Waals surface area (Å²) in [7, 11) is 0. The Balaban J connectivity index is 2.67. The Morgan fingerprint density at radius 2 is 2.16 bits per heavy atom. The van der Waals surface area contributed by atoms with Crippen molar-refractivity contribution in [2.45, 2.75) is 25.6 Å². The van der Waals surface area contributed by atoms with Crippen molar-refractivity contribution in [1.29, 1.82) is 0 Å². The molecule has 1 aromatic carbocycles. The van der Waals surface area contributed by atoms with Crippen LogP contribution in [0.5, 0.6) is 0 Å². The number of thioether (sulfide) groups is 1. The first kappa shape index (κ1) is 15.6. The van der Waals surface area contributed by atoms with Gasteiger partial charge in [0, 0.05) is 11.3 Å². The summed E-state index contributed by atoms with van der Waals surface area (Å²) in [6.07, 6.45) is 2.01. The maximum Gasteiger partial charge on any atom is 0.328 e. The summed E-state index contributed by atoms with van der Waals surface area (Å²) in [4.78, 5) is 23.4. The highest BCUT2D eigenvalue weighted by Gasteiger charge is 2.17. The second kappa shape index (κ2) is 7.84. The number of hydrogen-bond donors (Lipinski definition) is 1. The molecule has 1 rings (SSSR count). The molecule has 0 aliphatic carbocycles. The second-order valence-electron chi connectivity index (χ2n) is 4.08. The Hall–Kier alpha value is -1.49. The first-order valence-electron chi connectivity index (χ1n) is 6.13. The fourth-order valence-electron chi connectivity index (χ4n) is 1.58. The van der Waals surface area contributed by atoms with E-state index in [9.17, 15) is 9.59 Å². The van der Waals surface area contributed by atoms with Crippen molar-refractivity contribution < 1.29 is 14.3 Å². The average molecular weight is 281 g/mol. The highest BCUT2D eigenvalue weighted by atomic mass is 32.2. The van der Waals surface area contributed by atoms with Crippen molar-refractivity contribution in [2.24, 2.45) is 0 Å². The summed E-state index contributed by atoms with van der Waals surface area (Å²) < 4.78 is 4.85. The molecule has 0 heterocycles. The van der Waals surface area contributed by atoms with Crippen LogP contribution in [0.4, 0.5) is 0 Å². The van der Waals surface area contributed by atoms with E-state index in [0.717, 1.165) is 11.3 Å². The maximum atomic E-state index is 12.0. The van der Waals surface area contributed by atoms with E-state index in [0.29, 0.717) is 12.2 Å². The Morgan fingerprint density at radius 3 is 2.79 bits per heavy atom. The van der Waals surface area contributed by atoms with Crippen LogP contribution in [0.1, 0.15) is 29.8 Å². The molecule has 5 heteroatoms. The van der Waals surface area contributed by atoms with Gasteiger partial charge in [0.05, 0.1) is 6.61 Å². The van der Waals surface area contributed by atoms with E-state index in [1.54, 1.807) is 31.7 Å². The lowest BCUT2D eigenvalue weighted by Gasteiger charge is -2.13. The molecular weight excluding hydrogens is 262 g/mol. The van der Waals surface area contributed by atoms with Crippen molar-refractivity contribution >= 4 is 23.6 Å². The molecule has 0 bridgehead atoms. The Bertz CT molecular complexity index is 448. The largest absolute Gasteiger partial charge is 0.464 e. The zero-order valence-corrected chi connectivity index (χ0v) is 12.3. The molecule has 1 N–H and O–H groups in total. The minimum absolute atomic E-state index is 0.261. The highest BCUT2D eigenvalue weighted by molar-refractivity contribution is 7.97. The van der Waals surface area contributed by atoms with E-state index < -0.39 is 12.0 Å². The van der Waals surface area contributed by atoms with Crippen molar-refractivity contribution in [3.05, 3.63) is 35.4 Å². The number of rotatable bonds is 6. The molecular formula is C14H19NO3S. The topological polar surface area (TPSA) is 55.4 Å². The number of nitrogens with one attached hydrogen (secondary N) is 1. The van der Waals surface area contributed by atoms with E-state index in [2.05, 4.69) is 5.32 Å². The first-order valence-corrected chi connectivity index (χ1v) is 7.53. The van der Waals surface area contributed by atoms with Gasteiger partial charge in [-0.15, -0.1) is 0 Å². The summed E-state index contributed by atoms with van der Waals surface area (Å²) in [6, 6.07) is 6.75. The third-order valence-electron chi connectivity index (χ3n) is 2.49. The van der Waals surface area contributed by atoms with Gasteiger partial charge in [0.2, 0.25) is 0 Å². The smallest absolute Gasteiger partial charge is 0.328 e. The third kappa shape index (κ3) is 4.95. The number of amides is 1. The standard InChI is InChI=1S/C14H19NO3S/c1-4-18-14(17)10(2)15-13(16)12-7-5-6-11(8-12)9-19-3/h5-8,10H,4,9H2,1-3H3,(H,15,16). The molecule has 0 aliphatic rings. The minimum atomic E-state index is -0.642. The fourth-order valence-corrected chi connectivity index (χ4v) is 2.09. The molecule has 0 aromatic heterocycles. The van der Waals surface area contributed by atoms with Crippen LogP contribution in [0, 0.1) is 0 Å². The summed E-state index contributed by atoms with van der Waals surface area (Å²) in [5.74, 6) is 0.175. The fraction of sp³-hybridized carbons (Fsp3) is 0.429. The van der Waals surface area contributed by atoms with Crippen molar-refractivity contribution in [1.82, 2.24) is 5.32 Å². The van der Waals surface area contributed by atoms with Crippen LogP contribution < -0.4 is 5.32 Å². The first-order chi connectivity index (χ1) is 9.08. The predicted molar refractivity (Wildman–Crippen MR) is 77.2 cm³/mol. The van der Waals surface area contributed by atoms with Gasteiger partial charge in [-0.05, 0) is 37.8 Å². The van der Waals surface area contributed by atoms with Gasteiger partial charge in [0.25, 0.3) is 5.91 Å². The molecule has 0 saturated heterocycles. The molecule has 1 atom stereocenters. The van der Waals surface area contributed by atoms with Crippen LogP contribution in [-0.2, 0) is 15.3 Å². The van der Waals surface area contributed by atoms with Gasteiger partial charge >= 0.3 is 5.97 Å². The van der Waals surface area contributed by atoms with Crippen LogP contribution in [0.25, 0.3) is 0 Å². The Labute approximate surface area is 117 Å². The molecule has 0 radical (unpaired) electrons. The Morgan fingerprint density at radius 1 is 1.42 bits per heavy atom. The molecule has 0 saturated carbocycles. The van der Waals surface area contributed by atoms with Gasteiger partial charge in [-0.25, -0.2) is 4.79 Å². The van der Waals surface area contributed by atoms with Gasteiger partial charge in [-0.2, -0.15) is 11.8 Å². The van der Waals surface area contributed by atoms with Gasteiger partial charge < -0.3 is 10.1 Å². The highest BCUT2D eigenvalue weighted by Crippen LogP contribution is 2.11. The minimum Gasteiger partial charge on any atom is -0.464 e. The molecule has 104 valence electrons. The number of benzene rings is 1. The number of carbonyl (C=O) groups is 2. The second-order valence-corrected chi connectivity index (χ2v) is 4.95. The third-order valence-corrected chi connectivity index (χ3v) is 3.11. The summed E-state index contributed by atoms with van der Waals surface area (Å²) >= 11 is 1.69. The molecule has 19 heavy (non-hydrogen) atoms. The number of carbonyl (C=O) groups excluding carboxylic acids is 2. The summed E-state index contributed by atoms with van der Waals surface area (Å²) in [6.45, 7) is 3.65. The van der Waals surface area contributed by atoms with Crippen molar-refractivity contribution in [3.8, 4) is 0 Å². The Kier molecular flexibility index (Phi) is 6.42. The van der Waals surface area contributed by atoms with E-state index in [-0.39, 0.29) is 5.91 Å². The average Bonchev–Trinajstić information content (AvgIpc) is 2.39. The van der Waals surface area contributed by atoms with Crippen LogP contribution in [0.3, 0.4) is 0 Å². The number of ether oxygens (including phenoxy) is 1. The van der Waals surface area contributed by atoms with Crippen LogP contribution in [-0.4, -0.2) is 30.8 Å². The molecule has 1 amide bonds. The van der Waals surface area contributed by atoms with Gasteiger partial charge in [0.1, 0.15) is 6.04 Å². The molecule has 1 aromatic rings. The molecule has 1 unspecified atom stereocenters. The van der Waals surface area contributed by atoms with E-state index in [4.69, 9.17) is 4.74 Å². The van der Waals surface area contributed by atoms with E-state index >= 15 is 0 Å². The lowest BCUT2D eigenvalue weighted by Crippen LogP contribution is -2.39. The number of hydrogen-bond acceptors (Lipinski definition) is 4. The zero-order chi connectivity index (χ0) is 14.3. The van der Waals surface area contributed by atoms with E-state index in [1.165, 1.54) is 0 Å². The SMILES string of the molecule is CCOC(=O)C(C)NC(=O)c1cccc(CSC)c1. The molecule has 0 fully saturated rings. The molecule has 0 aliphatic heterocycles. The normalized spacial score (nSPS) is 11.7. The lowest BCUT2D eigenvalue weighted by molar-refractivity contribution is -0.144. The summed E-state index contributed by atoms with van der Waals surface area (Å²) in [5, 5.41) is 2.63. The predicted octanol–water partition coefficient (Wildman–Crippen LogP) is 2.23. The van der Waals surface area contributed by atoms with Gasteiger partial charge in [0.15, 0.2) is 0 Å². The summed E-state index contributed by atoms with van der Waals surface area (Å²) in [5.41, 5.74) is 1.65. The van der Waals surface area contributed by atoms with Crippen LogP contribution >= 0.6 is 11.8 Å². The zero-order valence-electron chi connectivity index (χ0n) is 11.4. The number of esters is 1. The maximum absolute atomic E-state index is 12.0. The van der Waals surface area contributed by atoms with Crippen molar-refractivity contribution in [2.75, 3.05) is 12.9 Å².